The first-order valence-corrected chi connectivity index (χ1v) is 8.77. The molecule has 0 aliphatic rings. The van der Waals surface area contributed by atoms with E-state index in [-0.39, 0.29) is 35.8 Å². The lowest BCUT2D eigenvalue weighted by atomic mass is 10.1. The van der Waals surface area contributed by atoms with Gasteiger partial charge >= 0.3 is 11.9 Å². The van der Waals surface area contributed by atoms with Crippen LogP contribution in [0.15, 0.2) is 36.4 Å². The number of aromatic hydroxyl groups is 4. The molecule has 0 aromatic heterocycles. The van der Waals surface area contributed by atoms with Gasteiger partial charge in [-0.3, -0.25) is 9.59 Å². The quantitative estimate of drug-likeness (QED) is 0.279. The number of hydrogen-bond donors (Lipinski definition) is 6. The van der Waals surface area contributed by atoms with E-state index in [1.165, 1.54) is 38.5 Å². The van der Waals surface area contributed by atoms with Gasteiger partial charge in [0.25, 0.3) is 0 Å². The molecule has 0 spiro atoms. The zero-order valence-electron chi connectivity index (χ0n) is 16.6. The van der Waals surface area contributed by atoms with Crippen molar-refractivity contribution in [3.05, 3.63) is 47.5 Å². The molecule has 0 unspecified atom stereocenters. The summed E-state index contributed by atoms with van der Waals surface area (Å²) in [6.45, 7) is 0. The average molecular weight is 422 g/mol. The fourth-order valence-corrected chi connectivity index (χ4v) is 2.37. The molecule has 0 fully saturated rings. The smallest absolute Gasteiger partial charge is 0.322 e. The molecule has 0 bridgehead atoms. The molecule has 2 aromatic rings. The predicted octanol–water partition coefficient (Wildman–Crippen LogP) is 0.281. The number of nitrogens with two attached hydrogens (primary N) is 2. The summed E-state index contributed by atoms with van der Waals surface area (Å²) in [5.41, 5.74) is 12.4. The van der Waals surface area contributed by atoms with E-state index in [9.17, 15) is 19.8 Å². The Kier molecular flexibility index (Phi) is 9.40. The molecule has 0 heterocycles. The minimum Gasteiger partial charge on any atom is -0.504 e. The van der Waals surface area contributed by atoms with Gasteiger partial charge in [0.1, 0.15) is 12.1 Å². The van der Waals surface area contributed by atoms with Crippen LogP contribution in [-0.2, 0) is 31.9 Å². The van der Waals surface area contributed by atoms with Gasteiger partial charge in [0.15, 0.2) is 23.0 Å². The molecular weight excluding hydrogens is 396 g/mol. The van der Waals surface area contributed by atoms with E-state index in [4.69, 9.17) is 21.7 Å². The summed E-state index contributed by atoms with van der Waals surface area (Å²) in [7, 11) is 2.52. The topological polar surface area (TPSA) is 186 Å². The Morgan fingerprint density at radius 1 is 0.733 bits per heavy atom. The highest BCUT2D eigenvalue weighted by molar-refractivity contribution is 5.76. The van der Waals surface area contributed by atoms with Gasteiger partial charge in [-0.2, -0.15) is 0 Å². The molecule has 8 N–H and O–H groups in total. The van der Waals surface area contributed by atoms with E-state index < -0.39 is 24.0 Å². The van der Waals surface area contributed by atoms with Crippen LogP contribution < -0.4 is 11.5 Å². The van der Waals surface area contributed by atoms with E-state index >= 15 is 0 Å². The van der Waals surface area contributed by atoms with Crippen molar-refractivity contribution in [2.24, 2.45) is 11.5 Å². The summed E-state index contributed by atoms with van der Waals surface area (Å²) < 4.78 is 8.92. The van der Waals surface area contributed by atoms with Crippen LogP contribution in [0, 0.1) is 0 Å². The van der Waals surface area contributed by atoms with Crippen molar-refractivity contribution in [2.75, 3.05) is 14.2 Å². The van der Waals surface area contributed by atoms with Gasteiger partial charge in [0, 0.05) is 0 Å². The minimum atomic E-state index is -0.765. The van der Waals surface area contributed by atoms with Crippen LogP contribution in [0.25, 0.3) is 0 Å². The SMILES string of the molecule is COC(=O)[C@@H](N)Cc1ccc(O)c(O)c1.COC(=O)[C@@H](N)Cc1ccc(O)c(O)c1. The number of esters is 2. The third kappa shape index (κ3) is 7.49. The lowest BCUT2D eigenvalue weighted by Crippen LogP contribution is -2.33. The lowest BCUT2D eigenvalue weighted by Gasteiger charge is -2.09. The van der Waals surface area contributed by atoms with Crippen molar-refractivity contribution in [1.29, 1.82) is 0 Å². The van der Waals surface area contributed by atoms with Gasteiger partial charge in [-0.1, -0.05) is 12.1 Å². The largest absolute Gasteiger partial charge is 0.504 e. The number of ether oxygens (including phenoxy) is 2. The molecule has 0 saturated carbocycles. The highest BCUT2D eigenvalue weighted by atomic mass is 16.5. The summed E-state index contributed by atoms with van der Waals surface area (Å²) in [6, 6.07) is 7.04. The summed E-state index contributed by atoms with van der Waals surface area (Å²) >= 11 is 0. The Balaban J connectivity index is 0.000000300. The van der Waals surface area contributed by atoms with Gasteiger partial charge in [-0.05, 0) is 48.2 Å². The maximum absolute atomic E-state index is 11.0. The standard InChI is InChI=1S/2C10H13NO4/c2*1-15-10(14)7(11)4-6-2-3-8(12)9(13)5-6/h2*2-3,5,7,12-13H,4,11H2,1H3/t2*7-/m00/s1. The second-order valence-electron chi connectivity index (χ2n) is 6.31. The number of carbonyl (C=O) groups excluding carboxylic acids is 2. The first kappa shape index (κ1) is 24.5. The number of hydrogen-bond acceptors (Lipinski definition) is 10. The summed E-state index contributed by atoms with van der Waals surface area (Å²) in [5.74, 6) is -1.89. The van der Waals surface area contributed by atoms with E-state index in [1.54, 1.807) is 12.1 Å². The van der Waals surface area contributed by atoms with Crippen molar-refractivity contribution in [3.63, 3.8) is 0 Å². The van der Waals surface area contributed by atoms with Gasteiger partial charge in [-0.25, -0.2) is 0 Å². The molecule has 0 saturated heterocycles. The maximum atomic E-state index is 11.0. The first-order valence-electron chi connectivity index (χ1n) is 8.77. The van der Waals surface area contributed by atoms with Gasteiger partial charge < -0.3 is 41.4 Å². The van der Waals surface area contributed by atoms with Crippen LogP contribution in [-0.4, -0.2) is 58.7 Å². The predicted molar refractivity (Wildman–Crippen MR) is 107 cm³/mol. The molecule has 2 aromatic carbocycles. The molecule has 0 amide bonds. The highest BCUT2D eigenvalue weighted by Gasteiger charge is 2.15. The number of carbonyl (C=O) groups is 2. The molecule has 0 radical (unpaired) electrons. The van der Waals surface area contributed by atoms with E-state index in [1.807, 2.05) is 0 Å². The Morgan fingerprint density at radius 2 is 1.07 bits per heavy atom. The lowest BCUT2D eigenvalue weighted by molar-refractivity contribution is -0.142. The number of phenolic OH excluding ortho intramolecular Hbond substituents is 4. The van der Waals surface area contributed by atoms with E-state index in [0.717, 1.165) is 0 Å². The van der Waals surface area contributed by atoms with E-state index in [2.05, 4.69) is 9.47 Å². The van der Waals surface area contributed by atoms with Crippen LogP contribution in [0.5, 0.6) is 23.0 Å². The van der Waals surface area contributed by atoms with Crippen LogP contribution in [0.3, 0.4) is 0 Å². The van der Waals surface area contributed by atoms with Crippen molar-refractivity contribution >= 4 is 11.9 Å². The first-order chi connectivity index (χ1) is 14.1. The molecule has 0 aliphatic carbocycles. The van der Waals surface area contributed by atoms with Gasteiger partial charge in [0.2, 0.25) is 0 Å². The molecule has 30 heavy (non-hydrogen) atoms. The maximum Gasteiger partial charge on any atom is 0.322 e. The van der Waals surface area contributed by atoms with E-state index in [0.29, 0.717) is 11.1 Å². The minimum absolute atomic E-state index is 0.203. The van der Waals surface area contributed by atoms with Gasteiger partial charge in [0.05, 0.1) is 14.2 Å². The molecule has 10 nitrogen and oxygen atoms in total. The third-order valence-electron chi connectivity index (χ3n) is 4.00. The fourth-order valence-electron chi connectivity index (χ4n) is 2.37. The van der Waals surface area contributed by atoms with Gasteiger partial charge in [-0.15, -0.1) is 0 Å². The molecule has 10 heteroatoms. The molecule has 0 aliphatic heterocycles. The van der Waals surface area contributed by atoms with Crippen molar-refractivity contribution in [3.8, 4) is 23.0 Å². The number of rotatable bonds is 6. The van der Waals surface area contributed by atoms with Crippen molar-refractivity contribution in [1.82, 2.24) is 0 Å². The summed E-state index contributed by atoms with van der Waals surface area (Å²) in [6.07, 6.45) is 0.501. The van der Waals surface area contributed by atoms with Crippen LogP contribution >= 0.6 is 0 Å². The Bertz CT molecular complexity index is 800. The molecule has 164 valence electrons. The average Bonchev–Trinajstić information content (AvgIpc) is 2.72. The Labute approximate surface area is 173 Å². The van der Waals surface area contributed by atoms with Crippen LogP contribution in [0.1, 0.15) is 11.1 Å². The number of benzene rings is 2. The monoisotopic (exact) mass is 422 g/mol. The zero-order valence-corrected chi connectivity index (χ0v) is 16.6. The zero-order chi connectivity index (χ0) is 22.8. The number of methoxy groups -OCH3 is 2. The molecular formula is C20H26N2O8. The molecule has 2 rings (SSSR count). The third-order valence-corrected chi connectivity index (χ3v) is 4.00. The molecule has 2 atom stereocenters. The van der Waals surface area contributed by atoms with Crippen LogP contribution in [0.4, 0.5) is 0 Å². The highest BCUT2D eigenvalue weighted by Crippen LogP contribution is 2.26. The van der Waals surface area contributed by atoms with Crippen LogP contribution in [0.2, 0.25) is 0 Å². The van der Waals surface area contributed by atoms with Crippen molar-refractivity contribution < 1.29 is 39.5 Å². The Hall–Kier alpha value is -3.50. The second kappa shape index (κ2) is 11.5. The normalized spacial score (nSPS) is 12.1. The fraction of sp³-hybridized carbons (Fsp3) is 0.300. The summed E-state index contributed by atoms with van der Waals surface area (Å²) in [4.78, 5) is 22.0. The van der Waals surface area contributed by atoms with Crippen molar-refractivity contribution in [2.45, 2.75) is 24.9 Å². The Morgan fingerprint density at radius 3 is 1.33 bits per heavy atom. The summed E-state index contributed by atoms with van der Waals surface area (Å²) in [5, 5.41) is 36.5. The number of phenols is 4. The second-order valence-corrected chi connectivity index (χ2v) is 6.31.